The lowest BCUT2D eigenvalue weighted by Gasteiger charge is -2.06. The molecule has 2 N–H and O–H groups in total. The number of hydrogen-bond acceptors (Lipinski definition) is 3. The first-order valence-corrected chi connectivity index (χ1v) is 6.23. The van der Waals surface area contributed by atoms with Crippen LogP contribution in [0.1, 0.15) is 21.5 Å². The van der Waals surface area contributed by atoms with Crippen molar-refractivity contribution in [1.82, 2.24) is 4.98 Å². The van der Waals surface area contributed by atoms with Gasteiger partial charge in [0.1, 0.15) is 18.2 Å². The molecule has 1 aromatic heterocycles. The third-order valence-electron chi connectivity index (χ3n) is 2.68. The maximum atomic E-state index is 13.7. The Labute approximate surface area is 121 Å². The Morgan fingerprint density at radius 2 is 2.19 bits per heavy atom. The Kier molecular flexibility index (Phi) is 4.64. The van der Waals surface area contributed by atoms with Crippen LogP contribution in [0.15, 0.2) is 36.5 Å². The highest BCUT2D eigenvalue weighted by Crippen LogP contribution is 2.13. The van der Waals surface area contributed by atoms with Crippen molar-refractivity contribution in [1.29, 1.82) is 0 Å². The van der Waals surface area contributed by atoms with Crippen molar-refractivity contribution in [3.8, 4) is 11.8 Å². The first-order valence-electron chi connectivity index (χ1n) is 6.23. The number of amides is 1. The molecule has 0 atom stereocenters. The van der Waals surface area contributed by atoms with E-state index in [0.29, 0.717) is 11.4 Å². The molecule has 2 rings (SSSR count). The second-order valence-electron chi connectivity index (χ2n) is 4.33. The van der Waals surface area contributed by atoms with Crippen LogP contribution in [0.3, 0.4) is 0 Å². The summed E-state index contributed by atoms with van der Waals surface area (Å²) in [6, 6.07) is 7.38. The van der Waals surface area contributed by atoms with Gasteiger partial charge in [-0.25, -0.2) is 9.37 Å². The summed E-state index contributed by atoms with van der Waals surface area (Å²) in [5, 5.41) is 11.2. The van der Waals surface area contributed by atoms with Crippen molar-refractivity contribution >= 4 is 11.7 Å². The minimum absolute atomic E-state index is 0.123. The fourth-order valence-electron chi connectivity index (χ4n) is 1.64. The number of aryl methyl sites for hydroxylation is 1. The summed E-state index contributed by atoms with van der Waals surface area (Å²) in [5.41, 5.74) is 1.29. The molecule has 1 aromatic carbocycles. The number of hydrogen-bond donors (Lipinski definition) is 2. The van der Waals surface area contributed by atoms with Crippen LogP contribution >= 0.6 is 0 Å². The Balaban J connectivity index is 2.23. The standard InChI is InChI=1S/C16H13FN2O2/c1-11-4-7-15(18-10-11)19-16(21)13-9-12(3-2-8-20)5-6-14(13)17/h4-7,9-10,20H,8H2,1H3,(H,18,19,21). The number of benzene rings is 1. The molecule has 21 heavy (non-hydrogen) atoms. The van der Waals surface area contributed by atoms with E-state index in [-0.39, 0.29) is 12.2 Å². The Bertz CT molecular complexity index is 715. The highest BCUT2D eigenvalue weighted by molar-refractivity contribution is 6.04. The topological polar surface area (TPSA) is 62.2 Å². The number of carbonyl (C=O) groups is 1. The van der Waals surface area contributed by atoms with E-state index in [9.17, 15) is 9.18 Å². The molecular weight excluding hydrogens is 271 g/mol. The fraction of sp³-hybridized carbons (Fsp3) is 0.125. The van der Waals surface area contributed by atoms with Gasteiger partial charge in [0.05, 0.1) is 5.56 Å². The van der Waals surface area contributed by atoms with Crippen LogP contribution < -0.4 is 5.32 Å². The van der Waals surface area contributed by atoms with E-state index in [4.69, 9.17) is 5.11 Å². The molecule has 1 heterocycles. The molecule has 2 aromatic rings. The number of nitrogens with zero attached hydrogens (tertiary/aromatic N) is 1. The Morgan fingerprint density at radius 3 is 2.86 bits per heavy atom. The maximum Gasteiger partial charge on any atom is 0.259 e. The maximum absolute atomic E-state index is 13.7. The molecule has 4 nitrogen and oxygen atoms in total. The van der Waals surface area contributed by atoms with Crippen molar-refractivity contribution in [2.75, 3.05) is 11.9 Å². The molecule has 0 unspecified atom stereocenters. The summed E-state index contributed by atoms with van der Waals surface area (Å²) >= 11 is 0. The average Bonchev–Trinajstić information content (AvgIpc) is 2.48. The van der Waals surface area contributed by atoms with Crippen LogP contribution in [0.2, 0.25) is 0 Å². The van der Waals surface area contributed by atoms with Crippen molar-refractivity contribution < 1.29 is 14.3 Å². The molecule has 5 heteroatoms. The molecule has 106 valence electrons. The zero-order valence-corrected chi connectivity index (χ0v) is 11.4. The second-order valence-corrected chi connectivity index (χ2v) is 4.33. The molecule has 0 bridgehead atoms. The van der Waals surface area contributed by atoms with E-state index in [0.717, 1.165) is 5.56 Å². The molecule has 0 radical (unpaired) electrons. The fourth-order valence-corrected chi connectivity index (χ4v) is 1.64. The molecule has 0 spiro atoms. The van der Waals surface area contributed by atoms with Crippen molar-refractivity contribution in [3.05, 3.63) is 59.0 Å². The number of halogens is 1. The van der Waals surface area contributed by atoms with Gasteiger partial charge in [0.15, 0.2) is 0 Å². The van der Waals surface area contributed by atoms with E-state index in [2.05, 4.69) is 22.1 Å². The third-order valence-corrected chi connectivity index (χ3v) is 2.68. The number of anilines is 1. The zero-order valence-electron chi connectivity index (χ0n) is 11.4. The summed E-state index contributed by atoms with van der Waals surface area (Å²) in [7, 11) is 0. The summed E-state index contributed by atoms with van der Waals surface area (Å²) in [4.78, 5) is 16.1. The number of nitrogens with one attached hydrogen (secondary N) is 1. The van der Waals surface area contributed by atoms with Crippen LogP contribution in [0, 0.1) is 24.6 Å². The highest BCUT2D eigenvalue weighted by atomic mass is 19.1. The SMILES string of the molecule is Cc1ccc(NC(=O)c2cc(C#CCO)ccc2F)nc1. The number of aliphatic hydroxyl groups excluding tert-OH is 1. The first-order chi connectivity index (χ1) is 10.1. The third kappa shape index (κ3) is 3.88. The Morgan fingerprint density at radius 1 is 1.38 bits per heavy atom. The minimum atomic E-state index is -0.644. The van der Waals surface area contributed by atoms with Gasteiger partial charge >= 0.3 is 0 Å². The van der Waals surface area contributed by atoms with Gasteiger partial charge in [0, 0.05) is 11.8 Å². The highest BCUT2D eigenvalue weighted by Gasteiger charge is 2.12. The summed E-state index contributed by atoms with van der Waals surface area (Å²) in [6.07, 6.45) is 1.61. The first kappa shape index (κ1) is 14.7. The zero-order chi connectivity index (χ0) is 15.2. The molecule has 0 saturated carbocycles. The van der Waals surface area contributed by atoms with Crippen molar-refractivity contribution in [2.24, 2.45) is 0 Å². The smallest absolute Gasteiger partial charge is 0.259 e. The molecule has 1 amide bonds. The van der Waals surface area contributed by atoms with Crippen LogP contribution in [-0.2, 0) is 0 Å². The van der Waals surface area contributed by atoms with E-state index < -0.39 is 11.7 Å². The predicted octanol–water partition coefficient (Wildman–Crippen LogP) is 2.13. The van der Waals surface area contributed by atoms with Gasteiger partial charge in [0.2, 0.25) is 0 Å². The quantitative estimate of drug-likeness (QED) is 0.830. The lowest BCUT2D eigenvalue weighted by Crippen LogP contribution is -2.14. The van der Waals surface area contributed by atoms with Gasteiger partial charge in [-0.15, -0.1) is 0 Å². The van der Waals surface area contributed by atoms with Crippen LogP contribution in [0.25, 0.3) is 0 Å². The molecule has 0 saturated heterocycles. The van der Waals surface area contributed by atoms with E-state index >= 15 is 0 Å². The normalized spacial score (nSPS) is 9.67. The number of aliphatic hydroxyl groups is 1. The summed E-state index contributed by atoms with van der Waals surface area (Å²) in [5.74, 6) is 4.17. The van der Waals surface area contributed by atoms with Gasteiger partial charge in [-0.1, -0.05) is 17.9 Å². The van der Waals surface area contributed by atoms with Crippen LogP contribution in [0.4, 0.5) is 10.2 Å². The average molecular weight is 284 g/mol. The number of pyridine rings is 1. The minimum Gasteiger partial charge on any atom is -0.384 e. The monoisotopic (exact) mass is 284 g/mol. The van der Waals surface area contributed by atoms with Gasteiger partial charge < -0.3 is 10.4 Å². The summed E-state index contributed by atoms with van der Waals surface area (Å²) in [6.45, 7) is 1.58. The molecule has 0 aliphatic heterocycles. The molecule has 0 fully saturated rings. The van der Waals surface area contributed by atoms with E-state index in [1.807, 2.05) is 6.92 Å². The lowest BCUT2D eigenvalue weighted by molar-refractivity contribution is 0.102. The number of aromatic nitrogens is 1. The van der Waals surface area contributed by atoms with Gasteiger partial charge in [-0.3, -0.25) is 4.79 Å². The second kappa shape index (κ2) is 6.64. The largest absolute Gasteiger partial charge is 0.384 e. The van der Waals surface area contributed by atoms with E-state index in [1.165, 1.54) is 18.2 Å². The summed E-state index contributed by atoms with van der Waals surface area (Å²) < 4.78 is 13.7. The number of rotatable bonds is 2. The van der Waals surface area contributed by atoms with Crippen molar-refractivity contribution in [2.45, 2.75) is 6.92 Å². The number of carbonyl (C=O) groups excluding carboxylic acids is 1. The van der Waals surface area contributed by atoms with Crippen LogP contribution in [-0.4, -0.2) is 22.6 Å². The van der Waals surface area contributed by atoms with Crippen LogP contribution in [0.5, 0.6) is 0 Å². The van der Waals surface area contributed by atoms with Gasteiger partial charge in [-0.2, -0.15) is 0 Å². The van der Waals surface area contributed by atoms with E-state index in [1.54, 1.807) is 18.3 Å². The van der Waals surface area contributed by atoms with Gasteiger partial charge in [-0.05, 0) is 36.8 Å². The Hall–Kier alpha value is -2.71. The lowest BCUT2D eigenvalue weighted by atomic mass is 10.1. The van der Waals surface area contributed by atoms with Crippen molar-refractivity contribution in [3.63, 3.8) is 0 Å². The predicted molar refractivity (Wildman–Crippen MR) is 77.3 cm³/mol. The molecular formula is C16H13FN2O2. The molecule has 0 aliphatic carbocycles. The molecule has 0 aliphatic rings. The van der Waals surface area contributed by atoms with Gasteiger partial charge in [0.25, 0.3) is 5.91 Å².